The Morgan fingerprint density at radius 1 is 0.435 bits per heavy atom. The number of hydrogen-bond donors (Lipinski definition) is 6. The average Bonchev–Trinajstić information content (AvgIpc) is 1.69. The second kappa shape index (κ2) is 40.2. The highest BCUT2D eigenvalue weighted by atomic mass is 32.1. The lowest BCUT2D eigenvalue weighted by molar-refractivity contribution is -0.152. The van der Waals surface area contributed by atoms with Crippen molar-refractivity contribution in [1.29, 1.82) is 0 Å². The second-order valence-electron chi connectivity index (χ2n) is 27.2. The van der Waals surface area contributed by atoms with Gasteiger partial charge in [-0.05, 0) is 135 Å². The largest absolute Gasteiger partial charge is 0.463 e. The molecule has 0 radical (unpaired) electrons. The monoisotopic (exact) mass is 1670 g/mol. The molecule has 0 spiro atoms. The lowest BCUT2D eigenvalue weighted by Crippen LogP contribution is -2.30. The molecule has 3 aliphatic rings. The Bertz CT molecular complexity index is 4390. The molecule has 3 fully saturated rings. The predicted molar refractivity (Wildman–Crippen MR) is 420 cm³/mol. The van der Waals surface area contributed by atoms with E-state index < -0.39 is 188 Å². The number of carbonyl (C=O) groups is 3. The Morgan fingerprint density at radius 3 is 0.870 bits per heavy atom. The first-order valence-corrected chi connectivity index (χ1v) is 42.2. The molecule has 18 atom stereocenters. The lowest BCUT2D eigenvalue weighted by Gasteiger charge is -2.24. The summed E-state index contributed by atoms with van der Waals surface area (Å²) < 4.78 is 167. The molecule has 36 heteroatoms. The van der Waals surface area contributed by atoms with Crippen LogP contribution in [0.3, 0.4) is 0 Å². The van der Waals surface area contributed by atoms with Crippen molar-refractivity contribution in [2.75, 3.05) is 38.2 Å². The van der Waals surface area contributed by atoms with Crippen LogP contribution in [0, 0.1) is 84.5 Å². The van der Waals surface area contributed by atoms with Crippen LogP contribution in [0.5, 0.6) is 17.2 Å². The first-order chi connectivity index (χ1) is 52.9. The normalized spacial score (nSPS) is 25.5. The zero-order valence-electron chi connectivity index (χ0n) is 68.2. The van der Waals surface area contributed by atoms with E-state index in [0.717, 1.165) is 0 Å². The van der Waals surface area contributed by atoms with Gasteiger partial charge in [-0.15, -0.1) is 0 Å². The van der Waals surface area contributed by atoms with Gasteiger partial charge in [0, 0.05) is 53.0 Å². The highest BCUT2D eigenvalue weighted by molar-refractivity contribution is 7.72. The first-order valence-electron chi connectivity index (χ1n) is 37.6. The summed E-state index contributed by atoms with van der Waals surface area (Å²) in [5, 5.41) is 32.9. The summed E-state index contributed by atoms with van der Waals surface area (Å²) in [7, 11) is -13.0. The van der Waals surface area contributed by atoms with Gasteiger partial charge in [0.2, 0.25) is 0 Å². The molecule has 0 aliphatic carbocycles. The van der Waals surface area contributed by atoms with Crippen molar-refractivity contribution in [3.05, 3.63) is 155 Å². The number of H-pyrrole nitrogens is 3. The van der Waals surface area contributed by atoms with E-state index >= 15 is 0 Å². The smallest absolute Gasteiger partial charge is 0.380 e. The van der Waals surface area contributed by atoms with E-state index in [0.29, 0.717) is 30.6 Å². The van der Waals surface area contributed by atoms with Crippen LogP contribution in [0.1, 0.15) is 127 Å². The maximum atomic E-state index is 14.0. The minimum atomic E-state index is -4.34. The van der Waals surface area contributed by atoms with Crippen LogP contribution in [0.2, 0.25) is 0 Å². The van der Waals surface area contributed by atoms with Crippen LogP contribution in [0.4, 0.5) is 0 Å². The summed E-state index contributed by atoms with van der Waals surface area (Å²) in [5.74, 6) is -6.05. The number of ether oxygens (including phenoxy) is 6. The standard InChI is InChI=1S/3C24H33N2O7PS2/c3*1-14(2)31-23(28)16(4)13-34(29,33-18-9-7-6-8-10-18)30-12-19-20(27)17(5)22(32-19)26-11-15(3)21(35)25-24(26)36/h3*6-11,14,16-17,19-20,22,27H,12-13H2,1-5H3,(H,25,35,36)/t16-,17-,19+,20?,22+,34?;16-,17-,19+,20?,22+,34+;16-,17-,19+,20?,22+,34-/m111/s1/i3*12D2. The second-order valence-corrected chi connectivity index (χ2v) is 35.4. The van der Waals surface area contributed by atoms with Crippen LogP contribution < -0.4 is 13.6 Å². The minimum absolute atomic E-state index is 0.163. The third kappa shape index (κ3) is 25.2. The minimum Gasteiger partial charge on any atom is -0.463 e. The maximum Gasteiger partial charge on any atom is 0.380 e. The first kappa shape index (κ1) is 80.4. The van der Waals surface area contributed by atoms with Crippen molar-refractivity contribution in [3.8, 4) is 17.2 Å². The number of nitrogens with zero attached hydrogens (tertiary/aromatic N) is 3. The molecule has 3 saturated heterocycles. The fourth-order valence-corrected chi connectivity index (χ4v) is 17.4. The molecule has 4 unspecified atom stereocenters. The van der Waals surface area contributed by atoms with E-state index in [4.69, 9.17) is 137 Å². The topological polar surface area (TPSA) is 336 Å². The number of benzene rings is 3. The fraction of sp³-hybridized carbons (Fsp3) is 0.542. The van der Waals surface area contributed by atoms with Gasteiger partial charge in [-0.25, -0.2) is 13.7 Å². The zero-order valence-corrected chi connectivity index (χ0v) is 69.8. The van der Waals surface area contributed by atoms with Crippen LogP contribution in [-0.4, -0.2) is 155 Å². The highest BCUT2D eigenvalue weighted by Crippen LogP contribution is 2.54. The van der Waals surface area contributed by atoms with Crippen LogP contribution in [0.15, 0.2) is 110 Å². The summed E-state index contributed by atoms with van der Waals surface area (Å²) in [5.41, 5.74) is 2.14. The molecule has 3 aromatic carbocycles. The third-order valence-corrected chi connectivity index (χ3v) is 24.5. The number of aromatic amines is 3. The Morgan fingerprint density at radius 2 is 0.657 bits per heavy atom. The van der Waals surface area contributed by atoms with Crippen molar-refractivity contribution < 1.29 is 107 Å². The molecule has 9 rings (SSSR count). The quantitative estimate of drug-likeness (QED) is 0.0106. The van der Waals surface area contributed by atoms with E-state index in [1.54, 1.807) is 170 Å². The molecule has 108 heavy (non-hydrogen) atoms. The Balaban J connectivity index is 0.000000237. The number of aliphatic hydroxyl groups is 3. The van der Waals surface area contributed by atoms with Gasteiger partial charge < -0.3 is 72.3 Å². The number of hydrogen-bond acceptors (Lipinski definition) is 27. The fourth-order valence-electron chi connectivity index (χ4n) is 10.8. The van der Waals surface area contributed by atoms with Crippen molar-refractivity contribution in [2.24, 2.45) is 35.5 Å². The van der Waals surface area contributed by atoms with Gasteiger partial charge in [0.1, 0.15) is 68.2 Å². The molecular weight excluding hydrogens is 1570 g/mol. The van der Waals surface area contributed by atoms with E-state index in [2.05, 4.69) is 15.0 Å². The average molecular weight is 1680 g/mol. The SMILES string of the molecule is [2H]C([2H])(OP(=O)(C[C@@H](C)C(=O)OC(C)C)Oc1ccccc1)[C@@H]1O[C@H](n2cc(C)c(=S)[nH]c2=S)[C@H](C)C1O.[2H]C([2H])(O[P@@](=O)(C[C@@H](C)C(=O)OC(C)C)Oc1ccccc1)[C@@H]1O[C@H](n2cc(C)c(=S)[nH]c2=S)[C@H](C)C1O.[2H]C([2H])(O[P@](=O)(C[C@@H](C)C(=O)OC(C)C)Oc1ccccc1)[C@@H]1O[C@H](n2cc(C)c(=S)[nH]c2=S)[C@H](C)C1O. The summed E-state index contributed by atoms with van der Waals surface area (Å²) in [6.45, 7) is 16.6. The molecular formula is C72H99N6O21P3S6. The molecule has 3 aromatic heterocycles. The van der Waals surface area contributed by atoms with Crippen LogP contribution in [-0.2, 0) is 70.1 Å². The zero-order chi connectivity index (χ0) is 85.2. The number of aliphatic hydroxyl groups excluding tert-OH is 3. The molecule has 0 saturated carbocycles. The lowest BCUT2D eigenvalue weighted by atomic mass is 10.0. The van der Waals surface area contributed by atoms with E-state index in [9.17, 15) is 43.4 Å². The molecule has 6 aromatic rings. The van der Waals surface area contributed by atoms with E-state index in [1.165, 1.54) is 57.2 Å². The molecule has 594 valence electrons. The molecule has 3 aliphatic heterocycles. The number of rotatable bonds is 30. The Kier molecular flexibility index (Phi) is 29.9. The van der Waals surface area contributed by atoms with Gasteiger partial charge in [-0.2, -0.15) is 0 Å². The maximum absolute atomic E-state index is 14.0. The number of aromatic nitrogens is 6. The summed E-state index contributed by atoms with van der Waals surface area (Å²) in [6, 6.07) is 24.3. The summed E-state index contributed by atoms with van der Waals surface area (Å²) >= 11 is 31.7. The van der Waals surface area contributed by atoms with Gasteiger partial charge in [-0.1, -0.05) is 133 Å². The summed E-state index contributed by atoms with van der Waals surface area (Å²) in [4.78, 5) is 46.0. The molecule has 6 N–H and O–H groups in total. The molecule has 0 bridgehead atoms. The van der Waals surface area contributed by atoms with E-state index in [-0.39, 0.29) is 31.6 Å². The Hall–Kier alpha value is -5.64. The van der Waals surface area contributed by atoms with Gasteiger partial charge in [-0.3, -0.25) is 41.7 Å². The van der Waals surface area contributed by atoms with Crippen LogP contribution in [0.25, 0.3) is 0 Å². The van der Waals surface area contributed by atoms with Crippen molar-refractivity contribution in [1.82, 2.24) is 28.7 Å². The number of carbonyl (C=O) groups excluding carboxylic acids is 3. The molecule has 6 heterocycles. The number of para-hydroxylation sites is 3. The van der Waals surface area contributed by atoms with Crippen molar-refractivity contribution in [2.45, 2.75) is 177 Å². The summed E-state index contributed by atoms with van der Waals surface area (Å²) in [6.07, 6.45) is -8.89. The van der Waals surface area contributed by atoms with Gasteiger partial charge in [0.25, 0.3) is 0 Å². The molecule has 0 amide bonds. The van der Waals surface area contributed by atoms with Crippen molar-refractivity contribution in [3.63, 3.8) is 0 Å². The molecule has 27 nitrogen and oxygen atoms in total. The third-order valence-electron chi connectivity index (χ3n) is 16.7. The Labute approximate surface area is 668 Å². The van der Waals surface area contributed by atoms with Gasteiger partial charge >= 0.3 is 40.7 Å². The van der Waals surface area contributed by atoms with Crippen molar-refractivity contribution >= 4 is 114 Å². The number of nitrogens with one attached hydrogen (secondary N) is 3. The van der Waals surface area contributed by atoms with Gasteiger partial charge in [0.05, 0.1) is 101 Å². The van der Waals surface area contributed by atoms with Crippen LogP contribution >= 0.6 is 96.1 Å². The number of esters is 3. The van der Waals surface area contributed by atoms with Gasteiger partial charge in [0.15, 0.2) is 14.3 Å². The highest BCUT2D eigenvalue weighted by Gasteiger charge is 2.48. The number of aryl methyl sites for hydroxylation is 3. The predicted octanol–water partition coefficient (Wildman–Crippen LogP) is 16.1. The van der Waals surface area contributed by atoms with E-state index in [1.807, 2.05) is 0 Å².